The van der Waals surface area contributed by atoms with Gasteiger partial charge in [0, 0.05) is 10.7 Å². The van der Waals surface area contributed by atoms with Crippen molar-refractivity contribution in [3.63, 3.8) is 0 Å². The lowest BCUT2D eigenvalue weighted by atomic mass is 10.1. The fraction of sp³-hybridized carbons (Fsp3) is 0.240. The highest BCUT2D eigenvalue weighted by Gasteiger charge is 2.29. The molecule has 0 bridgehead atoms. The second kappa shape index (κ2) is 10.7. The van der Waals surface area contributed by atoms with Gasteiger partial charge < -0.3 is 10.1 Å². The van der Waals surface area contributed by atoms with Crippen molar-refractivity contribution >= 4 is 38.9 Å². The number of anilines is 2. The van der Waals surface area contributed by atoms with Crippen molar-refractivity contribution in [3.05, 3.63) is 82.9 Å². The number of hydrogen-bond donors (Lipinski definition) is 1. The predicted octanol–water partition coefficient (Wildman–Crippen LogP) is 5.44. The summed E-state index contributed by atoms with van der Waals surface area (Å²) < 4.78 is 34.0. The number of benzene rings is 3. The summed E-state index contributed by atoms with van der Waals surface area (Å²) in [6, 6.07) is 18.4. The van der Waals surface area contributed by atoms with Gasteiger partial charge in [0.05, 0.1) is 17.2 Å². The molecule has 174 valence electrons. The number of aryl methyl sites for hydroxylation is 2. The van der Waals surface area contributed by atoms with Crippen LogP contribution in [0, 0.1) is 6.92 Å². The number of rotatable bonds is 9. The van der Waals surface area contributed by atoms with Gasteiger partial charge in [-0.25, -0.2) is 8.42 Å². The first-order valence-electron chi connectivity index (χ1n) is 10.7. The van der Waals surface area contributed by atoms with Crippen LogP contribution in [0.1, 0.15) is 25.0 Å². The molecule has 1 N–H and O–H groups in total. The summed E-state index contributed by atoms with van der Waals surface area (Å²) in [5.74, 6) is -0.0849. The van der Waals surface area contributed by atoms with Gasteiger partial charge in [0.25, 0.3) is 10.0 Å². The third-order valence-corrected chi connectivity index (χ3v) is 7.15. The van der Waals surface area contributed by atoms with Crippen molar-refractivity contribution in [2.75, 3.05) is 22.8 Å². The van der Waals surface area contributed by atoms with Crippen molar-refractivity contribution < 1.29 is 17.9 Å². The minimum atomic E-state index is -4.09. The number of nitrogens with one attached hydrogen (secondary N) is 1. The van der Waals surface area contributed by atoms with Gasteiger partial charge in [-0.15, -0.1) is 0 Å². The zero-order valence-corrected chi connectivity index (χ0v) is 20.4. The van der Waals surface area contributed by atoms with Crippen LogP contribution in [0.4, 0.5) is 11.4 Å². The number of carbonyl (C=O) groups is 1. The quantitative estimate of drug-likeness (QED) is 0.436. The molecule has 0 aliphatic heterocycles. The fourth-order valence-electron chi connectivity index (χ4n) is 3.49. The molecule has 3 aromatic carbocycles. The monoisotopic (exact) mass is 486 g/mol. The van der Waals surface area contributed by atoms with E-state index in [0.717, 1.165) is 21.9 Å². The number of hydrogen-bond acceptors (Lipinski definition) is 4. The first-order valence-corrected chi connectivity index (χ1v) is 12.5. The van der Waals surface area contributed by atoms with Crippen molar-refractivity contribution in [3.8, 4) is 5.75 Å². The molecule has 0 saturated heterocycles. The Bertz CT molecular complexity index is 1230. The highest BCUT2D eigenvalue weighted by atomic mass is 35.5. The number of halogens is 1. The molecule has 0 aromatic heterocycles. The molecule has 33 heavy (non-hydrogen) atoms. The first-order chi connectivity index (χ1) is 15.8. The Morgan fingerprint density at radius 3 is 2.36 bits per heavy atom. The van der Waals surface area contributed by atoms with Crippen molar-refractivity contribution in [1.29, 1.82) is 0 Å². The number of carbonyl (C=O) groups excluding carboxylic acids is 1. The van der Waals surface area contributed by atoms with E-state index in [4.69, 9.17) is 16.3 Å². The SMILES string of the molecule is CCOc1ccccc1N(CC(=O)Nc1c(C)cccc1CC)S(=O)(=O)c1ccc(Cl)cc1. The van der Waals surface area contributed by atoms with E-state index in [-0.39, 0.29) is 10.6 Å². The molecule has 0 unspecified atom stereocenters. The minimum absolute atomic E-state index is 0.0242. The Balaban J connectivity index is 2.03. The lowest BCUT2D eigenvalue weighted by Gasteiger charge is -2.26. The summed E-state index contributed by atoms with van der Waals surface area (Å²) >= 11 is 5.95. The lowest BCUT2D eigenvalue weighted by Crippen LogP contribution is -2.38. The summed E-state index contributed by atoms with van der Waals surface area (Å²) in [4.78, 5) is 13.2. The van der Waals surface area contributed by atoms with Crippen LogP contribution in [-0.4, -0.2) is 27.5 Å². The van der Waals surface area contributed by atoms with Crippen molar-refractivity contribution in [2.45, 2.75) is 32.1 Å². The number of ether oxygens (including phenoxy) is 1. The van der Waals surface area contributed by atoms with Crippen LogP contribution in [-0.2, 0) is 21.2 Å². The lowest BCUT2D eigenvalue weighted by molar-refractivity contribution is -0.114. The Morgan fingerprint density at radius 2 is 1.70 bits per heavy atom. The predicted molar refractivity (Wildman–Crippen MR) is 133 cm³/mol. The van der Waals surface area contributed by atoms with E-state index >= 15 is 0 Å². The normalized spacial score (nSPS) is 11.2. The van der Waals surface area contributed by atoms with Crippen molar-refractivity contribution in [2.24, 2.45) is 0 Å². The van der Waals surface area contributed by atoms with E-state index < -0.39 is 22.5 Å². The Hall–Kier alpha value is -3.03. The largest absolute Gasteiger partial charge is 0.492 e. The molecule has 3 aromatic rings. The number of nitrogens with zero attached hydrogens (tertiary/aromatic N) is 1. The summed E-state index contributed by atoms with van der Waals surface area (Å²) in [6.45, 7) is 5.64. The second-order valence-corrected chi connectivity index (χ2v) is 9.68. The summed E-state index contributed by atoms with van der Waals surface area (Å²) in [7, 11) is -4.09. The molecular weight excluding hydrogens is 460 g/mol. The van der Waals surface area contributed by atoms with E-state index in [9.17, 15) is 13.2 Å². The third-order valence-electron chi connectivity index (χ3n) is 5.13. The van der Waals surface area contributed by atoms with Crippen LogP contribution >= 0.6 is 11.6 Å². The Labute approximate surface area is 200 Å². The number of amides is 1. The fourth-order valence-corrected chi connectivity index (χ4v) is 5.04. The molecular formula is C25H27ClN2O4S. The number of sulfonamides is 1. The second-order valence-electron chi connectivity index (χ2n) is 7.38. The zero-order valence-electron chi connectivity index (χ0n) is 18.8. The van der Waals surface area contributed by atoms with Gasteiger partial charge in [0.15, 0.2) is 0 Å². The van der Waals surface area contributed by atoms with E-state index in [1.165, 1.54) is 24.3 Å². The van der Waals surface area contributed by atoms with Crippen LogP contribution in [0.5, 0.6) is 5.75 Å². The average Bonchev–Trinajstić information content (AvgIpc) is 2.80. The smallest absolute Gasteiger partial charge is 0.264 e. The van der Waals surface area contributed by atoms with Gasteiger partial charge in [0.1, 0.15) is 12.3 Å². The van der Waals surface area contributed by atoms with Crippen molar-refractivity contribution in [1.82, 2.24) is 0 Å². The van der Waals surface area contributed by atoms with Crippen LogP contribution in [0.25, 0.3) is 0 Å². The Morgan fingerprint density at radius 1 is 1.00 bits per heavy atom. The molecule has 6 nitrogen and oxygen atoms in total. The maximum atomic E-state index is 13.6. The van der Waals surface area contributed by atoms with E-state index in [1.54, 1.807) is 24.3 Å². The van der Waals surface area contributed by atoms with Gasteiger partial charge >= 0.3 is 0 Å². The van der Waals surface area contributed by atoms with Gasteiger partial charge in [-0.1, -0.05) is 48.9 Å². The summed E-state index contributed by atoms with van der Waals surface area (Å²) in [6.07, 6.45) is 0.733. The standard InChI is InChI=1S/C25H27ClN2O4S/c1-4-19-10-8-9-18(3)25(19)27-24(29)17-28(22-11-6-7-12-23(22)32-5-2)33(30,31)21-15-13-20(26)14-16-21/h6-16H,4-5,17H2,1-3H3,(H,27,29). The van der Waals surface area contributed by atoms with Crippen LogP contribution in [0.2, 0.25) is 5.02 Å². The van der Waals surface area contributed by atoms with E-state index in [0.29, 0.717) is 23.1 Å². The zero-order chi connectivity index (χ0) is 24.0. The molecule has 0 heterocycles. The summed E-state index contributed by atoms with van der Waals surface area (Å²) in [5.41, 5.74) is 2.87. The van der Waals surface area contributed by atoms with Crippen LogP contribution < -0.4 is 14.4 Å². The Kier molecular flexibility index (Phi) is 8.00. The first kappa shape index (κ1) is 24.6. The molecule has 3 rings (SSSR count). The van der Waals surface area contributed by atoms with Crippen LogP contribution in [0.3, 0.4) is 0 Å². The van der Waals surface area contributed by atoms with Gasteiger partial charge in [-0.05, 0) is 67.8 Å². The molecule has 0 fully saturated rings. The van der Waals surface area contributed by atoms with Gasteiger partial charge in [-0.3, -0.25) is 9.10 Å². The third kappa shape index (κ3) is 5.67. The molecule has 0 aliphatic rings. The maximum absolute atomic E-state index is 13.6. The molecule has 1 amide bonds. The molecule has 0 spiro atoms. The van der Waals surface area contributed by atoms with Crippen LogP contribution in [0.15, 0.2) is 71.6 Å². The molecule has 0 atom stereocenters. The average molecular weight is 487 g/mol. The summed E-state index contributed by atoms with van der Waals surface area (Å²) in [5, 5.41) is 3.32. The molecule has 0 saturated carbocycles. The van der Waals surface area contributed by atoms with Gasteiger partial charge in [0.2, 0.25) is 5.91 Å². The number of para-hydroxylation sites is 3. The van der Waals surface area contributed by atoms with Gasteiger partial charge in [-0.2, -0.15) is 0 Å². The maximum Gasteiger partial charge on any atom is 0.264 e. The van der Waals surface area contributed by atoms with E-state index in [2.05, 4.69) is 5.32 Å². The topological polar surface area (TPSA) is 75.7 Å². The molecule has 0 aliphatic carbocycles. The molecule has 8 heteroatoms. The molecule has 0 radical (unpaired) electrons. The minimum Gasteiger partial charge on any atom is -0.492 e. The highest BCUT2D eigenvalue weighted by molar-refractivity contribution is 7.92. The van der Waals surface area contributed by atoms with E-state index in [1.807, 2.05) is 39.0 Å². The highest BCUT2D eigenvalue weighted by Crippen LogP contribution is 2.33.